The van der Waals surface area contributed by atoms with E-state index in [1.165, 1.54) is 39.5 Å². The molecule has 8 heteroatoms. The third kappa shape index (κ3) is 3.30. The molecule has 0 spiro atoms. The average Bonchev–Trinajstić information content (AvgIpc) is 3.08. The lowest BCUT2D eigenvalue weighted by molar-refractivity contribution is 0.325. The Morgan fingerprint density at radius 1 is 1.00 bits per heavy atom. The summed E-state index contributed by atoms with van der Waals surface area (Å²) in [6.07, 6.45) is 0.697. The minimum absolute atomic E-state index is 0.172. The summed E-state index contributed by atoms with van der Waals surface area (Å²) in [7, 11) is 0.658. The predicted molar refractivity (Wildman–Crippen MR) is 92.5 cm³/mol. The molecule has 134 valence electrons. The lowest BCUT2D eigenvalue weighted by atomic mass is 10.2. The van der Waals surface area contributed by atoms with Gasteiger partial charge in [0.1, 0.15) is 5.75 Å². The molecule has 1 aliphatic heterocycles. The maximum absolute atomic E-state index is 12.7. The second-order valence-corrected chi connectivity index (χ2v) is 7.07. The quantitative estimate of drug-likeness (QED) is 0.847. The molecule has 7 nitrogen and oxygen atoms in total. The Kier molecular flexibility index (Phi) is 4.63. The molecule has 0 saturated heterocycles. The molecule has 2 aromatic rings. The number of benzene rings is 2. The fourth-order valence-corrected chi connectivity index (χ4v) is 3.77. The summed E-state index contributed by atoms with van der Waals surface area (Å²) in [5.41, 5.74) is 1.19. The largest absolute Gasteiger partial charge is 0.493 e. The summed E-state index contributed by atoms with van der Waals surface area (Å²) in [6.45, 7) is 0.569. The molecule has 0 atom stereocenters. The Hall–Kier alpha value is -2.61. The monoisotopic (exact) mass is 365 g/mol. The Labute approximate surface area is 146 Å². The van der Waals surface area contributed by atoms with E-state index in [-0.39, 0.29) is 4.90 Å². The number of nitrogens with one attached hydrogen (secondary N) is 1. The first-order valence-electron chi connectivity index (χ1n) is 7.57. The maximum atomic E-state index is 12.7. The van der Waals surface area contributed by atoms with Crippen molar-refractivity contribution in [3.05, 3.63) is 35.9 Å². The molecule has 0 amide bonds. The maximum Gasteiger partial charge on any atom is 0.261 e. The van der Waals surface area contributed by atoms with Crippen molar-refractivity contribution in [3.63, 3.8) is 0 Å². The number of ether oxygens (including phenoxy) is 4. The zero-order valence-corrected chi connectivity index (χ0v) is 15.0. The molecule has 0 radical (unpaired) electrons. The van der Waals surface area contributed by atoms with Crippen LogP contribution in [0, 0.1) is 0 Å². The van der Waals surface area contributed by atoms with Gasteiger partial charge in [0.15, 0.2) is 11.5 Å². The smallest absolute Gasteiger partial charge is 0.261 e. The summed E-state index contributed by atoms with van der Waals surface area (Å²) in [5, 5.41) is 0. The fraction of sp³-hybridized carbons (Fsp3) is 0.294. The number of anilines is 1. The summed E-state index contributed by atoms with van der Waals surface area (Å²) < 4.78 is 49.1. The molecule has 1 aliphatic rings. The minimum atomic E-state index is -3.76. The van der Waals surface area contributed by atoms with E-state index in [1.54, 1.807) is 12.1 Å². The molecule has 0 saturated carbocycles. The van der Waals surface area contributed by atoms with Crippen molar-refractivity contribution in [2.75, 3.05) is 32.7 Å². The topological polar surface area (TPSA) is 83.1 Å². The third-order valence-corrected chi connectivity index (χ3v) is 5.27. The zero-order chi connectivity index (χ0) is 18.0. The lowest BCUT2D eigenvalue weighted by Gasteiger charge is -2.15. The van der Waals surface area contributed by atoms with Crippen LogP contribution in [0.2, 0.25) is 0 Å². The number of hydrogen-bond acceptors (Lipinski definition) is 6. The van der Waals surface area contributed by atoms with Crippen LogP contribution in [-0.4, -0.2) is 36.4 Å². The van der Waals surface area contributed by atoms with E-state index in [0.717, 1.165) is 11.3 Å². The second-order valence-electron chi connectivity index (χ2n) is 5.39. The van der Waals surface area contributed by atoms with Gasteiger partial charge in [-0.3, -0.25) is 4.72 Å². The molecule has 0 bridgehead atoms. The van der Waals surface area contributed by atoms with Gasteiger partial charge >= 0.3 is 0 Å². The standard InChI is InChI=1S/C17H19NO6S/c1-21-15-9-12(10-16(22-2)17(15)23-3)18-25(19,20)13-4-5-14-11(8-13)6-7-24-14/h4-5,8-10,18H,6-7H2,1-3H3. The summed E-state index contributed by atoms with van der Waals surface area (Å²) in [5.74, 6) is 1.85. The average molecular weight is 365 g/mol. The van der Waals surface area contributed by atoms with E-state index >= 15 is 0 Å². The highest BCUT2D eigenvalue weighted by atomic mass is 32.2. The number of sulfonamides is 1. The van der Waals surface area contributed by atoms with Gasteiger partial charge in [-0.1, -0.05) is 0 Å². The Bertz CT molecular complexity index is 869. The zero-order valence-electron chi connectivity index (χ0n) is 14.2. The first-order valence-corrected chi connectivity index (χ1v) is 9.05. The van der Waals surface area contributed by atoms with Crippen molar-refractivity contribution in [2.45, 2.75) is 11.3 Å². The number of rotatable bonds is 6. The van der Waals surface area contributed by atoms with Crippen LogP contribution in [0.3, 0.4) is 0 Å². The van der Waals surface area contributed by atoms with Crippen LogP contribution in [0.5, 0.6) is 23.0 Å². The number of hydrogen-bond donors (Lipinski definition) is 1. The highest BCUT2D eigenvalue weighted by molar-refractivity contribution is 7.92. The SMILES string of the molecule is COc1cc(NS(=O)(=O)c2ccc3c(c2)CCO3)cc(OC)c1OC. The van der Waals surface area contributed by atoms with Gasteiger partial charge in [0.05, 0.1) is 38.5 Å². The van der Waals surface area contributed by atoms with Crippen LogP contribution in [0.15, 0.2) is 35.2 Å². The van der Waals surface area contributed by atoms with Crippen LogP contribution < -0.4 is 23.7 Å². The van der Waals surface area contributed by atoms with Crippen LogP contribution in [-0.2, 0) is 16.4 Å². The van der Waals surface area contributed by atoms with Gasteiger partial charge in [0.25, 0.3) is 10.0 Å². The van der Waals surface area contributed by atoms with Gasteiger partial charge in [-0.05, 0) is 23.8 Å². The molecular weight excluding hydrogens is 346 g/mol. The van der Waals surface area contributed by atoms with Gasteiger partial charge < -0.3 is 18.9 Å². The van der Waals surface area contributed by atoms with E-state index in [0.29, 0.717) is 36.0 Å². The summed E-state index contributed by atoms with van der Waals surface area (Å²) in [6, 6.07) is 7.89. The molecule has 3 rings (SSSR count). The van der Waals surface area contributed by atoms with Crippen molar-refractivity contribution in [1.82, 2.24) is 0 Å². The predicted octanol–water partition coefficient (Wildman–Crippen LogP) is 2.45. The van der Waals surface area contributed by atoms with Crippen molar-refractivity contribution in [2.24, 2.45) is 0 Å². The van der Waals surface area contributed by atoms with E-state index in [1.807, 2.05) is 0 Å². The minimum Gasteiger partial charge on any atom is -0.493 e. The highest BCUT2D eigenvalue weighted by Crippen LogP contribution is 2.40. The van der Waals surface area contributed by atoms with Crippen molar-refractivity contribution in [1.29, 1.82) is 0 Å². The molecule has 1 N–H and O–H groups in total. The first kappa shape index (κ1) is 17.2. The van der Waals surface area contributed by atoms with Crippen LogP contribution in [0.1, 0.15) is 5.56 Å². The highest BCUT2D eigenvalue weighted by Gasteiger charge is 2.21. The summed E-state index contributed by atoms with van der Waals surface area (Å²) in [4.78, 5) is 0.172. The summed E-state index contributed by atoms with van der Waals surface area (Å²) >= 11 is 0. The molecule has 0 unspecified atom stereocenters. The third-order valence-electron chi connectivity index (χ3n) is 3.89. The van der Waals surface area contributed by atoms with Crippen LogP contribution in [0.4, 0.5) is 5.69 Å². The van der Waals surface area contributed by atoms with Crippen molar-refractivity contribution in [3.8, 4) is 23.0 Å². The number of methoxy groups -OCH3 is 3. The lowest BCUT2D eigenvalue weighted by Crippen LogP contribution is -2.13. The van der Waals surface area contributed by atoms with E-state index in [9.17, 15) is 8.42 Å². The van der Waals surface area contributed by atoms with E-state index < -0.39 is 10.0 Å². The van der Waals surface area contributed by atoms with Crippen LogP contribution >= 0.6 is 0 Å². The first-order chi connectivity index (χ1) is 12.0. The van der Waals surface area contributed by atoms with E-state index in [4.69, 9.17) is 18.9 Å². The van der Waals surface area contributed by atoms with Gasteiger partial charge in [-0.25, -0.2) is 8.42 Å². The normalized spacial score (nSPS) is 12.9. The molecule has 0 fully saturated rings. The Morgan fingerprint density at radius 2 is 1.68 bits per heavy atom. The Balaban J connectivity index is 1.95. The molecule has 1 heterocycles. The van der Waals surface area contributed by atoms with Crippen molar-refractivity contribution >= 4 is 15.7 Å². The van der Waals surface area contributed by atoms with Gasteiger partial charge in [0.2, 0.25) is 5.75 Å². The van der Waals surface area contributed by atoms with Gasteiger partial charge in [0, 0.05) is 18.6 Å². The Morgan fingerprint density at radius 3 is 2.28 bits per heavy atom. The number of fused-ring (bicyclic) bond motifs is 1. The molecule has 0 aliphatic carbocycles. The fourth-order valence-electron chi connectivity index (χ4n) is 2.68. The van der Waals surface area contributed by atoms with Gasteiger partial charge in [-0.2, -0.15) is 0 Å². The van der Waals surface area contributed by atoms with Crippen molar-refractivity contribution < 1.29 is 27.4 Å². The second kappa shape index (κ2) is 6.72. The van der Waals surface area contributed by atoms with Gasteiger partial charge in [-0.15, -0.1) is 0 Å². The molecular formula is C17H19NO6S. The van der Waals surface area contributed by atoms with Crippen LogP contribution in [0.25, 0.3) is 0 Å². The molecule has 0 aromatic heterocycles. The van der Waals surface area contributed by atoms with E-state index in [2.05, 4.69) is 4.72 Å². The molecule has 2 aromatic carbocycles. The molecule has 25 heavy (non-hydrogen) atoms.